The summed E-state index contributed by atoms with van der Waals surface area (Å²) in [5.74, 6) is -7.22. The Labute approximate surface area is 381 Å². The van der Waals surface area contributed by atoms with Gasteiger partial charge >= 0.3 is 5.97 Å². The van der Waals surface area contributed by atoms with E-state index in [0.717, 1.165) is 0 Å². The van der Waals surface area contributed by atoms with Gasteiger partial charge < -0.3 is 85.6 Å². The Bertz CT molecular complexity index is 1670. The average molecular weight is 923 g/mol. The van der Waals surface area contributed by atoms with E-state index in [4.69, 9.17) is 24.7 Å². The van der Waals surface area contributed by atoms with Crippen molar-refractivity contribution >= 4 is 11.9 Å². The van der Waals surface area contributed by atoms with Crippen molar-refractivity contribution in [2.75, 3.05) is 0 Å². The van der Waals surface area contributed by atoms with Gasteiger partial charge in [-0.05, 0) is 33.1 Å². The van der Waals surface area contributed by atoms with Crippen LogP contribution in [0.4, 0.5) is 0 Å². The standard InChI is InChI=1S/C47H73NO17/c1-27-17-15-13-11-9-7-5-6-8-10-12-14-16-18-34(64-46-44(58)41(48)43(57)30(4)63-46)24-38-40(45(59)60)37(54)26-47(61,65-38)25-33(51)22-36(53)35(52)20-19-31(49)21-32(50)23-39(55)62-29(3)28(2)42(27)56/h5-18,27-38,40-44,46,49-54,56-58,61H,19-26,48H2,1-4H3,(H,59,60)/p-1/b6-5+,9-7+,10-8+,13-11+,14-12+,17-15+,18-16+/t27-,28-,29-,30+,31+,32+,33-,34?,35+,36+,37-,38-,40+,41-,42+,43+,44-,46?,47+/m0/s1. The lowest BCUT2D eigenvalue weighted by Crippen LogP contribution is -2.62. The Morgan fingerprint density at radius 2 is 1.25 bits per heavy atom. The number of ether oxygens (including phenoxy) is 4. The summed E-state index contributed by atoms with van der Waals surface area (Å²) in [7, 11) is 0. The number of hydrogen-bond acceptors (Lipinski definition) is 18. The molecule has 12 N–H and O–H groups in total. The van der Waals surface area contributed by atoms with Crippen LogP contribution in [-0.4, -0.2) is 160 Å². The Morgan fingerprint density at radius 3 is 1.83 bits per heavy atom. The lowest BCUT2D eigenvalue weighted by Gasteiger charge is -2.46. The summed E-state index contributed by atoms with van der Waals surface area (Å²) in [4.78, 5) is 25.0. The second-order valence-electron chi connectivity index (χ2n) is 17.5. The predicted molar refractivity (Wildman–Crippen MR) is 234 cm³/mol. The van der Waals surface area contributed by atoms with Crippen molar-refractivity contribution in [2.45, 2.75) is 177 Å². The quantitative estimate of drug-likeness (QED) is 0.157. The first-order valence-corrected chi connectivity index (χ1v) is 22.3. The zero-order valence-electron chi connectivity index (χ0n) is 37.5. The van der Waals surface area contributed by atoms with Crippen LogP contribution in [0.15, 0.2) is 85.1 Å². The van der Waals surface area contributed by atoms with Crippen molar-refractivity contribution in [1.82, 2.24) is 0 Å². The van der Waals surface area contributed by atoms with Gasteiger partial charge in [0.25, 0.3) is 0 Å². The number of allylic oxidation sites excluding steroid dienone is 12. The van der Waals surface area contributed by atoms with Crippen LogP contribution in [0, 0.1) is 17.8 Å². The summed E-state index contributed by atoms with van der Waals surface area (Å²) in [5, 5.41) is 120. The number of rotatable bonds is 3. The number of hydrogen-bond donors (Lipinski definition) is 11. The molecule has 65 heavy (non-hydrogen) atoms. The van der Waals surface area contributed by atoms with Crippen LogP contribution in [0.2, 0.25) is 0 Å². The molecule has 0 aromatic carbocycles. The summed E-state index contributed by atoms with van der Waals surface area (Å²) in [6, 6.07) is -1.16. The maximum atomic E-state index is 12.6. The highest BCUT2D eigenvalue weighted by molar-refractivity contribution is 5.70. The molecule has 2 unspecified atom stereocenters. The Kier molecular flexibility index (Phi) is 23.6. The Morgan fingerprint density at radius 1 is 0.677 bits per heavy atom. The highest BCUT2D eigenvalue weighted by Gasteiger charge is 2.49. The Hall–Kier alpha value is -3.44. The molecule has 0 aliphatic carbocycles. The van der Waals surface area contributed by atoms with E-state index in [0.29, 0.717) is 0 Å². The number of aliphatic carboxylic acids is 1. The molecule has 3 aliphatic heterocycles. The number of cyclic esters (lactones) is 1. The number of carboxylic acid groups (broad SMARTS) is 1. The number of aliphatic hydroxyl groups is 10. The van der Waals surface area contributed by atoms with Crippen LogP contribution in [0.5, 0.6) is 0 Å². The van der Waals surface area contributed by atoms with Crippen LogP contribution < -0.4 is 10.8 Å². The minimum Gasteiger partial charge on any atom is -0.550 e. The average Bonchev–Trinajstić information content (AvgIpc) is 3.21. The molecule has 2 fully saturated rings. The second kappa shape index (κ2) is 27.4. The lowest BCUT2D eigenvalue weighted by atomic mass is 9.82. The number of carboxylic acids is 1. The third kappa shape index (κ3) is 18.6. The van der Waals surface area contributed by atoms with Crippen LogP contribution in [0.25, 0.3) is 0 Å². The van der Waals surface area contributed by atoms with E-state index in [-0.39, 0.29) is 31.6 Å². The molecule has 0 radical (unpaired) electrons. The van der Waals surface area contributed by atoms with Crippen LogP contribution in [0.3, 0.4) is 0 Å². The van der Waals surface area contributed by atoms with E-state index >= 15 is 0 Å². The van der Waals surface area contributed by atoms with Gasteiger partial charge in [-0.2, -0.15) is 0 Å². The normalized spacial score (nSPS) is 45.5. The van der Waals surface area contributed by atoms with Gasteiger partial charge in [0.1, 0.15) is 12.2 Å². The zero-order chi connectivity index (χ0) is 48.4. The summed E-state index contributed by atoms with van der Waals surface area (Å²) in [6.07, 6.45) is 2.97. The largest absolute Gasteiger partial charge is 0.550 e. The molecule has 3 heterocycles. The number of fused-ring (bicyclic) bond motifs is 2. The van der Waals surface area contributed by atoms with Crippen molar-refractivity contribution in [3.63, 3.8) is 0 Å². The topological polar surface area (TPSA) is 322 Å². The highest BCUT2D eigenvalue weighted by atomic mass is 16.7. The van der Waals surface area contributed by atoms with E-state index < -0.39 is 147 Å². The maximum absolute atomic E-state index is 12.6. The Balaban J connectivity index is 1.86. The minimum absolute atomic E-state index is 0.113. The minimum atomic E-state index is -2.35. The molecule has 0 amide bonds. The maximum Gasteiger partial charge on any atom is 0.308 e. The highest BCUT2D eigenvalue weighted by Crippen LogP contribution is 2.38. The van der Waals surface area contributed by atoms with Gasteiger partial charge in [0.2, 0.25) is 0 Å². The fourth-order valence-corrected chi connectivity index (χ4v) is 7.95. The number of carbonyl (C=O) groups excluding carboxylic acids is 2. The molecule has 0 aromatic rings. The first kappa shape index (κ1) is 55.9. The molecule has 18 nitrogen and oxygen atoms in total. The summed E-state index contributed by atoms with van der Waals surface area (Å²) in [5.41, 5.74) is 6.01. The molecular weight excluding hydrogens is 851 g/mol. The number of carbonyl (C=O) groups is 2. The van der Waals surface area contributed by atoms with Crippen LogP contribution in [-0.2, 0) is 28.5 Å². The lowest BCUT2D eigenvalue weighted by molar-refractivity contribution is -0.344. The van der Waals surface area contributed by atoms with Crippen molar-refractivity contribution in [1.29, 1.82) is 0 Å². The number of aliphatic hydroxyl groups excluding tert-OH is 9. The van der Waals surface area contributed by atoms with Gasteiger partial charge in [-0.1, -0.05) is 98.9 Å². The van der Waals surface area contributed by atoms with Crippen molar-refractivity contribution in [3.8, 4) is 0 Å². The predicted octanol–water partition coefficient (Wildman–Crippen LogP) is -0.623. The summed E-state index contributed by atoms with van der Waals surface area (Å²) < 4.78 is 23.1. The zero-order valence-corrected chi connectivity index (χ0v) is 37.5. The summed E-state index contributed by atoms with van der Waals surface area (Å²) in [6.45, 7) is 6.73. The molecule has 19 atom stereocenters. The third-order valence-corrected chi connectivity index (χ3v) is 12.0. The fraction of sp³-hybridized carbons (Fsp3) is 0.660. The molecule has 0 spiro atoms. The number of esters is 1. The fourth-order valence-electron chi connectivity index (χ4n) is 7.95. The molecule has 0 saturated carbocycles. The summed E-state index contributed by atoms with van der Waals surface area (Å²) >= 11 is 0. The molecular formula is C47H72NO17-. The van der Waals surface area contributed by atoms with Gasteiger partial charge in [0.15, 0.2) is 12.1 Å². The van der Waals surface area contributed by atoms with Gasteiger partial charge in [-0.15, -0.1) is 0 Å². The van der Waals surface area contributed by atoms with Crippen molar-refractivity contribution in [3.05, 3.63) is 85.1 Å². The molecule has 18 heteroatoms. The SMILES string of the molecule is C[C@@H]1[C@H](O)[C@@H](C)/C=C/C=C/C=C/C=C/C=C/C=C/C=C/C(OC2O[C@H](C)[C@@H](O)[C@H](N)[C@@H]2O)C[C@@H]2O[C@](O)(C[C@@H](O)C[C@@H](O)[C@H](O)CC[C@@H](O)C[C@@H](O)CC(=O)O[C@H]1C)C[C@H](O)[C@H]2C(=O)[O-]. The van der Waals surface area contributed by atoms with E-state index in [1.165, 1.54) is 13.0 Å². The van der Waals surface area contributed by atoms with E-state index in [1.807, 2.05) is 13.0 Å². The molecule has 2 bridgehead atoms. The van der Waals surface area contributed by atoms with E-state index in [1.54, 1.807) is 86.8 Å². The van der Waals surface area contributed by atoms with E-state index in [2.05, 4.69) is 0 Å². The van der Waals surface area contributed by atoms with E-state index in [9.17, 15) is 65.8 Å². The monoisotopic (exact) mass is 922 g/mol. The molecule has 0 aromatic heterocycles. The van der Waals surface area contributed by atoms with Crippen LogP contribution in [0.1, 0.15) is 79.1 Å². The third-order valence-electron chi connectivity index (χ3n) is 12.0. The van der Waals surface area contributed by atoms with Gasteiger partial charge in [-0.25, -0.2) is 0 Å². The van der Waals surface area contributed by atoms with Crippen molar-refractivity contribution < 1.29 is 84.7 Å². The first-order valence-electron chi connectivity index (χ1n) is 22.3. The molecule has 368 valence electrons. The number of nitrogens with two attached hydrogens (primary N) is 1. The molecule has 2 saturated heterocycles. The van der Waals surface area contributed by atoms with Gasteiger partial charge in [0, 0.05) is 43.5 Å². The van der Waals surface area contributed by atoms with Crippen LogP contribution >= 0.6 is 0 Å². The second-order valence-corrected chi connectivity index (χ2v) is 17.5. The van der Waals surface area contributed by atoms with Gasteiger partial charge in [-0.3, -0.25) is 4.79 Å². The first-order chi connectivity index (χ1) is 30.6. The van der Waals surface area contributed by atoms with Gasteiger partial charge in [0.05, 0.1) is 85.5 Å². The van der Waals surface area contributed by atoms with Crippen molar-refractivity contribution in [2.24, 2.45) is 23.5 Å². The molecule has 3 aliphatic rings. The smallest absolute Gasteiger partial charge is 0.308 e. The molecule has 3 rings (SSSR count).